The summed E-state index contributed by atoms with van der Waals surface area (Å²) in [6.45, 7) is 11.3. The van der Waals surface area contributed by atoms with E-state index in [-0.39, 0.29) is 24.0 Å². The van der Waals surface area contributed by atoms with Gasteiger partial charge in [-0.2, -0.15) is 0 Å². The number of aryl methyl sites for hydroxylation is 2. The highest BCUT2D eigenvalue weighted by Gasteiger charge is 2.19. The summed E-state index contributed by atoms with van der Waals surface area (Å²) in [5.74, 6) is 2.05. The molecule has 1 aliphatic heterocycles. The zero-order valence-electron chi connectivity index (χ0n) is 17.8. The van der Waals surface area contributed by atoms with Gasteiger partial charge >= 0.3 is 0 Å². The van der Waals surface area contributed by atoms with Crippen LogP contribution < -0.4 is 10.6 Å². The van der Waals surface area contributed by atoms with E-state index in [9.17, 15) is 0 Å². The van der Waals surface area contributed by atoms with Crippen molar-refractivity contribution in [3.63, 3.8) is 0 Å². The van der Waals surface area contributed by atoms with Gasteiger partial charge in [0.05, 0.1) is 0 Å². The molecule has 1 aromatic rings. The third kappa shape index (κ3) is 9.56. The quantitative estimate of drug-likeness (QED) is 0.209. The average molecular weight is 506 g/mol. The zero-order valence-corrected chi connectivity index (χ0v) is 20.2. The van der Waals surface area contributed by atoms with Gasteiger partial charge in [0, 0.05) is 71.4 Å². The summed E-state index contributed by atoms with van der Waals surface area (Å²) in [6, 6.07) is 0.523. The van der Waals surface area contributed by atoms with Gasteiger partial charge in [0.25, 0.3) is 0 Å². The Bertz CT molecular complexity index is 543. The summed E-state index contributed by atoms with van der Waals surface area (Å²) >= 11 is 0. The van der Waals surface area contributed by atoms with Crippen LogP contribution in [0, 0.1) is 6.92 Å². The Morgan fingerprint density at radius 3 is 2.68 bits per heavy atom. The van der Waals surface area contributed by atoms with Crippen molar-refractivity contribution in [2.24, 2.45) is 4.99 Å². The van der Waals surface area contributed by atoms with Crippen molar-refractivity contribution in [2.75, 3.05) is 46.4 Å². The van der Waals surface area contributed by atoms with Crippen molar-refractivity contribution in [1.29, 1.82) is 0 Å². The first-order valence-electron chi connectivity index (χ1n) is 10.5. The van der Waals surface area contributed by atoms with Crippen LogP contribution in [0.5, 0.6) is 0 Å². The first-order valence-corrected chi connectivity index (χ1v) is 10.5. The third-order valence-corrected chi connectivity index (χ3v) is 5.10. The van der Waals surface area contributed by atoms with Gasteiger partial charge in [0.1, 0.15) is 5.82 Å². The number of hydrogen-bond donors (Lipinski definition) is 2. The number of nitrogens with zero attached hydrogens (tertiary/aromatic N) is 4. The number of methoxy groups -OCH3 is 1. The number of aliphatic imine (C=N–C) groups is 1. The number of rotatable bonds is 11. The second-order valence-electron chi connectivity index (χ2n) is 7.24. The Labute approximate surface area is 187 Å². The molecule has 0 aromatic carbocycles. The topological polar surface area (TPSA) is 66.7 Å². The van der Waals surface area contributed by atoms with E-state index in [1.54, 1.807) is 7.11 Å². The molecular weight excluding hydrogens is 467 g/mol. The number of imidazole rings is 1. The molecule has 28 heavy (non-hydrogen) atoms. The second-order valence-corrected chi connectivity index (χ2v) is 7.24. The van der Waals surface area contributed by atoms with Crippen LogP contribution in [0.2, 0.25) is 0 Å². The predicted octanol–water partition coefficient (Wildman–Crippen LogP) is 2.65. The molecule has 0 aliphatic carbocycles. The second kappa shape index (κ2) is 15.0. The Kier molecular flexibility index (Phi) is 13.5. The van der Waals surface area contributed by atoms with Gasteiger partial charge in [-0.3, -0.25) is 4.99 Å². The summed E-state index contributed by atoms with van der Waals surface area (Å²) in [4.78, 5) is 11.6. The smallest absolute Gasteiger partial charge is 0.191 e. The van der Waals surface area contributed by atoms with Crippen molar-refractivity contribution in [3.8, 4) is 0 Å². The number of halogens is 1. The molecule has 1 aromatic heterocycles. The maximum Gasteiger partial charge on any atom is 0.191 e. The average Bonchev–Trinajstić information content (AvgIpc) is 3.08. The van der Waals surface area contributed by atoms with E-state index in [1.807, 2.05) is 19.3 Å². The summed E-state index contributed by atoms with van der Waals surface area (Å²) < 4.78 is 7.35. The van der Waals surface area contributed by atoms with E-state index in [1.165, 1.54) is 12.8 Å². The molecule has 8 heteroatoms. The summed E-state index contributed by atoms with van der Waals surface area (Å²) in [5, 5.41) is 7.02. The van der Waals surface area contributed by atoms with E-state index < -0.39 is 0 Å². The fraction of sp³-hybridized carbons (Fsp3) is 0.800. The number of nitrogens with one attached hydrogen (secondary N) is 2. The van der Waals surface area contributed by atoms with Crippen LogP contribution in [-0.2, 0) is 11.3 Å². The van der Waals surface area contributed by atoms with Gasteiger partial charge in [-0.05, 0) is 46.0 Å². The minimum atomic E-state index is 0. The van der Waals surface area contributed by atoms with Crippen LogP contribution in [0.1, 0.15) is 44.9 Å². The standard InChI is InChI=1S/C20H38N6O.HI/c1-4-21-20(23-10-5-6-13-26-16-11-22-18(26)2)24-19-8-14-25(15-9-19)12-7-17-27-3;/h11,16,19H,4-10,12-15,17H2,1-3H3,(H2,21,23,24);1H. The lowest BCUT2D eigenvalue weighted by atomic mass is 10.1. The molecule has 162 valence electrons. The van der Waals surface area contributed by atoms with Crippen molar-refractivity contribution in [3.05, 3.63) is 18.2 Å². The molecule has 2 rings (SSSR count). The lowest BCUT2D eigenvalue weighted by Crippen LogP contribution is -2.48. The van der Waals surface area contributed by atoms with Gasteiger partial charge in [0.2, 0.25) is 0 Å². The largest absolute Gasteiger partial charge is 0.385 e. The van der Waals surface area contributed by atoms with Crippen LogP contribution in [0.4, 0.5) is 0 Å². The third-order valence-electron chi connectivity index (χ3n) is 5.10. The Morgan fingerprint density at radius 1 is 1.25 bits per heavy atom. The van der Waals surface area contributed by atoms with Gasteiger partial charge in [-0.25, -0.2) is 4.98 Å². The predicted molar refractivity (Wildman–Crippen MR) is 127 cm³/mol. The molecule has 0 saturated carbocycles. The lowest BCUT2D eigenvalue weighted by molar-refractivity contribution is 0.155. The number of aromatic nitrogens is 2. The van der Waals surface area contributed by atoms with Gasteiger partial charge in [-0.1, -0.05) is 0 Å². The van der Waals surface area contributed by atoms with Crippen LogP contribution >= 0.6 is 24.0 Å². The molecule has 1 aliphatic rings. The maximum absolute atomic E-state index is 5.15. The fourth-order valence-electron chi connectivity index (χ4n) is 3.47. The van der Waals surface area contributed by atoms with Crippen LogP contribution in [0.25, 0.3) is 0 Å². The fourth-order valence-corrected chi connectivity index (χ4v) is 3.47. The number of guanidine groups is 1. The summed E-state index contributed by atoms with van der Waals surface area (Å²) in [5.41, 5.74) is 0. The molecule has 0 unspecified atom stereocenters. The zero-order chi connectivity index (χ0) is 19.3. The first kappa shape index (κ1) is 25.2. The van der Waals surface area contributed by atoms with Crippen LogP contribution in [-0.4, -0.2) is 72.9 Å². The Morgan fingerprint density at radius 2 is 2.04 bits per heavy atom. The van der Waals surface area contributed by atoms with E-state index in [0.29, 0.717) is 6.04 Å². The van der Waals surface area contributed by atoms with Crippen LogP contribution in [0.15, 0.2) is 17.4 Å². The number of piperidine rings is 1. The molecule has 2 N–H and O–H groups in total. The molecule has 1 fully saturated rings. The summed E-state index contributed by atoms with van der Waals surface area (Å²) in [7, 11) is 1.77. The van der Waals surface area contributed by atoms with Crippen molar-refractivity contribution in [2.45, 2.75) is 58.5 Å². The molecule has 1 saturated heterocycles. The van der Waals surface area contributed by atoms with Gasteiger partial charge < -0.3 is 24.8 Å². The highest BCUT2D eigenvalue weighted by atomic mass is 127. The van der Waals surface area contributed by atoms with E-state index in [4.69, 9.17) is 9.73 Å². The Balaban J connectivity index is 0.00000392. The lowest BCUT2D eigenvalue weighted by Gasteiger charge is -2.33. The van der Waals surface area contributed by atoms with E-state index >= 15 is 0 Å². The molecule has 7 nitrogen and oxygen atoms in total. The molecule has 0 amide bonds. The molecule has 2 heterocycles. The van der Waals surface area contributed by atoms with Gasteiger partial charge in [0.15, 0.2) is 5.96 Å². The molecule has 0 spiro atoms. The number of unbranched alkanes of at least 4 members (excludes halogenated alkanes) is 1. The molecule has 0 radical (unpaired) electrons. The molecule has 0 atom stereocenters. The molecular formula is C20H39IN6O. The highest BCUT2D eigenvalue weighted by molar-refractivity contribution is 14.0. The first-order chi connectivity index (χ1) is 13.2. The van der Waals surface area contributed by atoms with Gasteiger partial charge in [-0.15, -0.1) is 24.0 Å². The van der Waals surface area contributed by atoms with E-state index in [0.717, 1.165) is 76.9 Å². The van der Waals surface area contributed by atoms with Crippen molar-refractivity contribution >= 4 is 29.9 Å². The minimum Gasteiger partial charge on any atom is -0.385 e. The highest BCUT2D eigenvalue weighted by Crippen LogP contribution is 2.10. The SMILES string of the molecule is CCNC(=NCCCCn1ccnc1C)NC1CCN(CCCOC)CC1.I. The number of hydrogen-bond acceptors (Lipinski definition) is 4. The molecule has 0 bridgehead atoms. The maximum atomic E-state index is 5.15. The monoisotopic (exact) mass is 506 g/mol. The van der Waals surface area contributed by atoms with Crippen LogP contribution in [0.3, 0.4) is 0 Å². The van der Waals surface area contributed by atoms with Crippen molar-refractivity contribution < 1.29 is 4.74 Å². The minimum absolute atomic E-state index is 0. The number of ether oxygens (including phenoxy) is 1. The number of likely N-dealkylation sites (tertiary alicyclic amines) is 1. The Hall–Kier alpha value is -0.870. The van der Waals surface area contributed by atoms with Crippen molar-refractivity contribution in [1.82, 2.24) is 25.1 Å². The normalized spacial score (nSPS) is 16.0. The summed E-state index contributed by atoms with van der Waals surface area (Å²) in [6.07, 6.45) is 9.60. The van der Waals surface area contributed by atoms with E-state index in [2.05, 4.69) is 32.0 Å².